The molecular weight excluding hydrogens is 190 g/mol. The van der Waals surface area contributed by atoms with E-state index >= 15 is 0 Å². The van der Waals surface area contributed by atoms with Crippen molar-refractivity contribution in [2.45, 2.75) is 27.3 Å². The van der Waals surface area contributed by atoms with Gasteiger partial charge >= 0.3 is 0 Å². The number of carbonyl (C=O) groups is 1. The lowest BCUT2D eigenvalue weighted by Gasteiger charge is -2.16. The third-order valence-corrected chi connectivity index (χ3v) is 2.64. The van der Waals surface area contributed by atoms with E-state index in [1.807, 2.05) is 20.8 Å². The van der Waals surface area contributed by atoms with Gasteiger partial charge in [0.2, 0.25) is 0 Å². The second-order valence-electron chi connectivity index (χ2n) is 4.04. The highest BCUT2D eigenvalue weighted by Gasteiger charge is 2.22. The van der Waals surface area contributed by atoms with Crippen LogP contribution < -0.4 is 5.73 Å². The van der Waals surface area contributed by atoms with E-state index in [4.69, 9.17) is 5.73 Å². The van der Waals surface area contributed by atoms with Crippen LogP contribution in [0.5, 0.6) is 0 Å². The fraction of sp³-hybridized carbons (Fsp3) is 0.636. The first-order chi connectivity index (χ1) is 7.10. The molecule has 0 aliphatic heterocycles. The maximum absolute atomic E-state index is 12.0. The molecule has 1 atom stereocenters. The van der Waals surface area contributed by atoms with Gasteiger partial charge in [-0.2, -0.15) is 5.10 Å². The van der Waals surface area contributed by atoms with Crippen molar-refractivity contribution in [3.63, 3.8) is 0 Å². The Bertz CT molecular complexity index is 330. The molecule has 84 valence electrons. The third-order valence-electron chi connectivity index (χ3n) is 2.64. The van der Waals surface area contributed by atoms with Crippen molar-refractivity contribution in [2.75, 3.05) is 6.54 Å². The maximum atomic E-state index is 12.0. The van der Waals surface area contributed by atoms with Crippen LogP contribution in [0.15, 0.2) is 12.4 Å². The molecule has 4 nitrogen and oxygen atoms in total. The zero-order valence-corrected chi connectivity index (χ0v) is 9.60. The van der Waals surface area contributed by atoms with Crippen molar-refractivity contribution < 1.29 is 4.79 Å². The van der Waals surface area contributed by atoms with Gasteiger partial charge in [0.05, 0.1) is 11.8 Å². The number of carbonyl (C=O) groups excluding carboxylic acids is 1. The Labute approximate surface area is 90.5 Å². The number of aryl methyl sites for hydroxylation is 1. The Hall–Kier alpha value is -1.16. The molecule has 0 saturated heterocycles. The number of hydrogen-bond donors (Lipinski definition) is 1. The van der Waals surface area contributed by atoms with Crippen LogP contribution in [-0.2, 0) is 6.54 Å². The smallest absolute Gasteiger partial charge is 0.170 e. The van der Waals surface area contributed by atoms with Gasteiger partial charge in [-0.05, 0) is 12.8 Å². The molecule has 0 aromatic carbocycles. The van der Waals surface area contributed by atoms with Crippen LogP contribution in [0.4, 0.5) is 0 Å². The van der Waals surface area contributed by atoms with E-state index in [1.165, 1.54) is 0 Å². The third kappa shape index (κ3) is 2.65. The first-order valence-corrected chi connectivity index (χ1v) is 5.36. The van der Waals surface area contributed by atoms with Gasteiger partial charge in [0.15, 0.2) is 5.78 Å². The minimum Gasteiger partial charge on any atom is -0.330 e. The normalized spacial score (nSPS) is 13.1. The van der Waals surface area contributed by atoms with Crippen molar-refractivity contribution in [3.8, 4) is 0 Å². The van der Waals surface area contributed by atoms with E-state index < -0.39 is 0 Å². The molecule has 1 aromatic heterocycles. The van der Waals surface area contributed by atoms with Crippen LogP contribution in [0.2, 0.25) is 0 Å². The Kier molecular flexibility index (Phi) is 4.03. The number of nitrogens with zero attached hydrogens (tertiary/aromatic N) is 2. The standard InChI is InChI=1S/C11H19N3O/c1-4-14-7-9(6-13-14)11(15)10(5-12)8(2)3/h6-8,10H,4-5,12H2,1-3H3. The average molecular weight is 209 g/mol. The topological polar surface area (TPSA) is 60.9 Å². The molecule has 0 aliphatic rings. The van der Waals surface area contributed by atoms with Gasteiger partial charge in [-0.3, -0.25) is 9.48 Å². The molecule has 15 heavy (non-hydrogen) atoms. The number of ketones is 1. The lowest BCUT2D eigenvalue weighted by atomic mass is 9.89. The zero-order chi connectivity index (χ0) is 11.4. The van der Waals surface area contributed by atoms with E-state index in [2.05, 4.69) is 5.10 Å². The number of rotatable bonds is 5. The molecule has 1 rings (SSSR count). The van der Waals surface area contributed by atoms with Crippen molar-refractivity contribution in [1.29, 1.82) is 0 Å². The predicted molar refractivity (Wildman–Crippen MR) is 59.6 cm³/mol. The molecule has 1 unspecified atom stereocenters. The van der Waals surface area contributed by atoms with Crippen LogP contribution in [0, 0.1) is 11.8 Å². The number of Topliss-reactive ketones (excluding diaryl/α,β-unsaturated/α-hetero) is 1. The molecule has 0 bridgehead atoms. The Morgan fingerprint density at radius 3 is 2.67 bits per heavy atom. The quantitative estimate of drug-likeness (QED) is 0.744. The van der Waals surface area contributed by atoms with E-state index in [0.717, 1.165) is 6.54 Å². The fourth-order valence-electron chi connectivity index (χ4n) is 1.56. The van der Waals surface area contributed by atoms with Gasteiger partial charge in [0.1, 0.15) is 0 Å². The predicted octanol–water partition coefficient (Wildman–Crippen LogP) is 1.32. The molecule has 0 spiro atoms. The average Bonchev–Trinajstić information content (AvgIpc) is 2.66. The van der Waals surface area contributed by atoms with Gasteiger partial charge < -0.3 is 5.73 Å². The minimum absolute atomic E-state index is 0.0977. The van der Waals surface area contributed by atoms with Crippen LogP contribution in [0.3, 0.4) is 0 Å². The monoisotopic (exact) mass is 209 g/mol. The van der Waals surface area contributed by atoms with E-state index in [0.29, 0.717) is 12.1 Å². The summed E-state index contributed by atoms with van der Waals surface area (Å²) in [5.41, 5.74) is 6.27. The molecule has 4 heteroatoms. The molecule has 0 amide bonds. The summed E-state index contributed by atoms with van der Waals surface area (Å²) in [5, 5.41) is 4.09. The SMILES string of the molecule is CCn1cc(C(=O)C(CN)C(C)C)cn1. The summed E-state index contributed by atoms with van der Waals surface area (Å²) >= 11 is 0. The molecule has 2 N–H and O–H groups in total. The van der Waals surface area contributed by atoms with E-state index in [9.17, 15) is 4.79 Å². The summed E-state index contributed by atoms with van der Waals surface area (Å²) in [5.74, 6) is 0.277. The van der Waals surface area contributed by atoms with Gasteiger partial charge in [0, 0.05) is 25.2 Å². The Balaban J connectivity index is 2.83. The summed E-state index contributed by atoms with van der Waals surface area (Å²) in [4.78, 5) is 12.0. The molecule has 0 radical (unpaired) electrons. The van der Waals surface area contributed by atoms with Crippen LogP contribution in [0.1, 0.15) is 31.1 Å². The van der Waals surface area contributed by atoms with E-state index in [1.54, 1.807) is 17.1 Å². The van der Waals surface area contributed by atoms with Crippen LogP contribution >= 0.6 is 0 Å². The number of nitrogens with two attached hydrogens (primary N) is 1. The summed E-state index contributed by atoms with van der Waals surface area (Å²) in [7, 11) is 0. The van der Waals surface area contributed by atoms with Gasteiger partial charge in [-0.1, -0.05) is 13.8 Å². The van der Waals surface area contributed by atoms with Gasteiger partial charge in [-0.25, -0.2) is 0 Å². The second kappa shape index (κ2) is 5.07. The first kappa shape index (κ1) is 11.9. The van der Waals surface area contributed by atoms with Crippen LogP contribution in [0.25, 0.3) is 0 Å². The molecule has 1 aromatic rings. The van der Waals surface area contributed by atoms with Crippen LogP contribution in [-0.4, -0.2) is 22.1 Å². The van der Waals surface area contributed by atoms with E-state index in [-0.39, 0.29) is 17.6 Å². The summed E-state index contributed by atoms with van der Waals surface area (Å²) in [6.07, 6.45) is 3.41. The fourth-order valence-corrected chi connectivity index (χ4v) is 1.56. The molecule has 1 heterocycles. The minimum atomic E-state index is -0.0977. The lowest BCUT2D eigenvalue weighted by Crippen LogP contribution is -2.28. The zero-order valence-electron chi connectivity index (χ0n) is 9.60. The molecule has 0 aliphatic carbocycles. The second-order valence-corrected chi connectivity index (χ2v) is 4.04. The highest BCUT2D eigenvalue weighted by molar-refractivity contribution is 5.97. The number of aromatic nitrogens is 2. The lowest BCUT2D eigenvalue weighted by molar-refractivity contribution is 0.0892. The summed E-state index contributed by atoms with van der Waals surface area (Å²) in [6, 6.07) is 0. The van der Waals surface area contributed by atoms with Gasteiger partial charge in [0.25, 0.3) is 0 Å². The van der Waals surface area contributed by atoms with Gasteiger partial charge in [-0.15, -0.1) is 0 Å². The summed E-state index contributed by atoms with van der Waals surface area (Å²) in [6.45, 7) is 7.19. The summed E-state index contributed by atoms with van der Waals surface area (Å²) < 4.78 is 1.75. The van der Waals surface area contributed by atoms with Crippen molar-refractivity contribution in [3.05, 3.63) is 18.0 Å². The highest BCUT2D eigenvalue weighted by Crippen LogP contribution is 2.15. The largest absolute Gasteiger partial charge is 0.330 e. The number of hydrogen-bond acceptors (Lipinski definition) is 3. The molecular formula is C11H19N3O. The molecule has 0 fully saturated rings. The Morgan fingerprint density at radius 1 is 1.60 bits per heavy atom. The van der Waals surface area contributed by atoms with Crippen molar-refractivity contribution >= 4 is 5.78 Å². The Morgan fingerprint density at radius 2 is 2.27 bits per heavy atom. The van der Waals surface area contributed by atoms with Crippen molar-refractivity contribution in [2.24, 2.45) is 17.6 Å². The maximum Gasteiger partial charge on any atom is 0.170 e. The first-order valence-electron chi connectivity index (χ1n) is 5.36. The van der Waals surface area contributed by atoms with Crippen molar-refractivity contribution in [1.82, 2.24) is 9.78 Å². The molecule has 0 saturated carbocycles. The highest BCUT2D eigenvalue weighted by atomic mass is 16.1.